The van der Waals surface area contributed by atoms with E-state index in [0.717, 1.165) is 12.5 Å². The van der Waals surface area contributed by atoms with Crippen LogP contribution >= 0.6 is 0 Å². The molecule has 0 amide bonds. The Balaban J connectivity index is 2.06. The van der Waals surface area contributed by atoms with Crippen LogP contribution in [0, 0.1) is 17.2 Å². The summed E-state index contributed by atoms with van der Waals surface area (Å²) >= 11 is 0. The third-order valence-electron chi connectivity index (χ3n) is 3.14. The molecule has 0 spiro atoms. The number of rotatable bonds is 5. The lowest BCUT2D eigenvalue weighted by molar-refractivity contribution is 0.306. The Kier molecular flexibility index (Phi) is 5.63. The van der Waals surface area contributed by atoms with Crippen molar-refractivity contribution >= 4 is 0 Å². The molecule has 0 bridgehead atoms. The maximum Gasteiger partial charge on any atom is 0.0635 e. The summed E-state index contributed by atoms with van der Waals surface area (Å²) in [4.78, 5) is 0. The van der Waals surface area contributed by atoms with Gasteiger partial charge < -0.3 is 5.32 Å². The summed E-state index contributed by atoms with van der Waals surface area (Å²) in [5.41, 5.74) is 0. The molecule has 0 aliphatic heterocycles. The number of nitrogens with one attached hydrogen (secondary N) is 1. The molecule has 0 saturated heterocycles. The van der Waals surface area contributed by atoms with E-state index in [0.29, 0.717) is 12.5 Å². The Hall–Kier alpha value is -0.550. The van der Waals surface area contributed by atoms with Gasteiger partial charge in [0.05, 0.1) is 6.07 Å². The third-order valence-corrected chi connectivity index (χ3v) is 3.14. The molecule has 2 nitrogen and oxygen atoms in total. The molecule has 1 aliphatic carbocycles. The maximum atomic E-state index is 8.41. The minimum Gasteiger partial charge on any atom is -0.313 e. The van der Waals surface area contributed by atoms with Crippen LogP contribution in [0.4, 0.5) is 0 Å². The van der Waals surface area contributed by atoms with Crippen molar-refractivity contribution in [1.82, 2.24) is 5.32 Å². The topological polar surface area (TPSA) is 35.8 Å². The maximum absolute atomic E-state index is 8.41. The van der Waals surface area contributed by atoms with E-state index in [1.54, 1.807) is 0 Å². The molecule has 1 N–H and O–H groups in total. The first-order valence-corrected chi connectivity index (χ1v) is 5.93. The van der Waals surface area contributed by atoms with E-state index in [1.807, 2.05) is 0 Å². The Morgan fingerprint density at radius 3 is 2.71 bits per heavy atom. The summed E-state index contributed by atoms with van der Waals surface area (Å²) in [6.45, 7) is 3.09. The number of nitrogens with zero attached hydrogens (tertiary/aromatic N) is 1. The largest absolute Gasteiger partial charge is 0.313 e. The summed E-state index contributed by atoms with van der Waals surface area (Å²) in [6, 6.07) is 2.75. The molecule has 1 unspecified atom stereocenters. The molecule has 1 fully saturated rings. The Labute approximate surface area is 87.7 Å². The van der Waals surface area contributed by atoms with Crippen molar-refractivity contribution in [1.29, 1.82) is 5.26 Å². The van der Waals surface area contributed by atoms with Crippen LogP contribution < -0.4 is 5.32 Å². The highest BCUT2D eigenvalue weighted by molar-refractivity contribution is 4.75. The van der Waals surface area contributed by atoms with Crippen molar-refractivity contribution in [2.75, 3.05) is 6.54 Å². The highest BCUT2D eigenvalue weighted by Crippen LogP contribution is 2.27. The van der Waals surface area contributed by atoms with Crippen LogP contribution in [-0.4, -0.2) is 12.6 Å². The number of hydrogen-bond donors (Lipinski definition) is 1. The van der Waals surface area contributed by atoms with Gasteiger partial charge in [0.25, 0.3) is 0 Å². The molecular formula is C12H22N2. The predicted molar refractivity (Wildman–Crippen MR) is 58.9 cm³/mol. The molecular weight excluding hydrogens is 172 g/mol. The van der Waals surface area contributed by atoms with Crippen LogP contribution in [0.3, 0.4) is 0 Å². The van der Waals surface area contributed by atoms with Crippen molar-refractivity contribution in [2.24, 2.45) is 5.92 Å². The molecule has 1 atom stereocenters. The van der Waals surface area contributed by atoms with Gasteiger partial charge in [-0.3, -0.25) is 0 Å². The van der Waals surface area contributed by atoms with E-state index in [4.69, 9.17) is 5.26 Å². The van der Waals surface area contributed by atoms with Gasteiger partial charge in [-0.1, -0.05) is 32.1 Å². The van der Waals surface area contributed by atoms with Crippen LogP contribution in [0.15, 0.2) is 0 Å². The Morgan fingerprint density at radius 1 is 1.36 bits per heavy atom. The monoisotopic (exact) mass is 194 g/mol. The van der Waals surface area contributed by atoms with Crippen LogP contribution in [0.25, 0.3) is 0 Å². The smallest absolute Gasteiger partial charge is 0.0635 e. The molecule has 1 saturated carbocycles. The lowest BCUT2D eigenvalue weighted by Crippen LogP contribution is -2.29. The lowest BCUT2D eigenvalue weighted by Gasteiger charge is -2.24. The first-order valence-electron chi connectivity index (χ1n) is 5.93. The molecule has 0 radical (unpaired) electrons. The van der Waals surface area contributed by atoms with E-state index < -0.39 is 0 Å². The van der Waals surface area contributed by atoms with E-state index >= 15 is 0 Å². The van der Waals surface area contributed by atoms with Crippen LogP contribution in [0.1, 0.15) is 51.9 Å². The van der Waals surface area contributed by atoms with Crippen molar-refractivity contribution in [3.8, 4) is 6.07 Å². The quantitative estimate of drug-likeness (QED) is 0.683. The van der Waals surface area contributed by atoms with Gasteiger partial charge in [-0.2, -0.15) is 5.26 Å². The van der Waals surface area contributed by atoms with Crippen molar-refractivity contribution in [3.63, 3.8) is 0 Å². The highest BCUT2D eigenvalue weighted by atomic mass is 14.9. The first kappa shape index (κ1) is 11.5. The molecule has 0 aromatic carbocycles. The molecule has 1 rings (SSSR count). The van der Waals surface area contributed by atoms with Gasteiger partial charge >= 0.3 is 0 Å². The Morgan fingerprint density at radius 2 is 2.07 bits per heavy atom. The average Bonchev–Trinajstić information content (AvgIpc) is 2.20. The van der Waals surface area contributed by atoms with Crippen molar-refractivity contribution in [3.05, 3.63) is 0 Å². The van der Waals surface area contributed by atoms with Crippen LogP contribution in [0.2, 0.25) is 0 Å². The van der Waals surface area contributed by atoms with Gasteiger partial charge in [0.1, 0.15) is 0 Å². The van der Waals surface area contributed by atoms with E-state index in [-0.39, 0.29) is 0 Å². The first-order chi connectivity index (χ1) is 6.83. The fourth-order valence-electron chi connectivity index (χ4n) is 2.38. The van der Waals surface area contributed by atoms with Gasteiger partial charge in [0.15, 0.2) is 0 Å². The normalized spacial score (nSPS) is 20.3. The zero-order valence-corrected chi connectivity index (χ0v) is 9.26. The summed E-state index contributed by atoms with van der Waals surface area (Å²) in [5, 5.41) is 11.8. The molecule has 80 valence electrons. The second-order valence-electron chi connectivity index (χ2n) is 4.50. The number of hydrogen-bond acceptors (Lipinski definition) is 2. The number of nitriles is 1. The van der Waals surface area contributed by atoms with Crippen LogP contribution in [0.5, 0.6) is 0 Å². The molecule has 2 heteroatoms. The predicted octanol–water partition coefficient (Wildman–Crippen LogP) is 2.85. The van der Waals surface area contributed by atoms with E-state index in [1.165, 1.54) is 38.5 Å². The van der Waals surface area contributed by atoms with Gasteiger partial charge in [-0.25, -0.2) is 0 Å². The minimum absolute atomic E-state index is 0.589. The Bertz CT molecular complexity index is 177. The van der Waals surface area contributed by atoms with Gasteiger partial charge in [-0.15, -0.1) is 0 Å². The second kappa shape index (κ2) is 6.84. The summed E-state index contributed by atoms with van der Waals surface area (Å²) < 4.78 is 0. The second-order valence-corrected chi connectivity index (χ2v) is 4.50. The zero-order chi connectivity index (χ0) is 10.2. The SMILES string of the molecule is CC(CC1CCCCC1)NCCC#N. The summed E-state index contributed by atoms with van der Waals surface area (Å²) in [5.74, 6) is 0.938. The van der Waals surface area contributed by atoms with Crippen LogP contribution in [-0.2, 0) is 0 Å². The molecule has 0 heterocycles. The lowest BCUT2D eigenvalue weighted by atomic mass is 9.85. The average molecular weight is 194 g/mol. The van der Waals surface area contributed by atoms with Crippen molar-refractivity contribution in [2.45, 2.75) is 57.9 Å². The minimum atomic E-state index is 0.589. The summed E-state index contributed by atoms with van der Waals surface area (Å²) in [6.07, 6.45) is 9.06. The van der Waals surface area contributed by atoms with Gasteiger partial charge in [0.2, 0.25) is 0 Å². The fraction of sp³-hybridized carbons (Fsp3) is 0.917. The van der Waals surface area contributed by atoms with E-state index in [2.05, 4.69) is 18.3 Å². The van der Waals surface area contributed by atoms with Gasteiger partial charge in [-0.05, 0) is 19.3 Å². The highest BCUT2D eigenvalue weighted by Gasteiger charge is 2.15. The van der Waals surface area contributed by atoms with E-state index in [9.17, 15) is 0 Å². The molecule has 1 aliphatic rings. The molecule has 0 aromatic rings. The zero-order valence-electron chi connectivity index (χ0n) is 9.26. The fourth-order valence-corrected chi connectivity index (χ4v) is 2.38. The molecule has 0 aromatic heterocycles. The molecule has 14 heavy (non-hydrogen) atoms. The summed E-state index contributed by atoms with van der Waals surface area (Å²) in [7, 11) is 0. The standard InChI is InChI=1S/C12H22N2/c1-11(14-9-5-8-13)10-12-6-3-2-4-7-12/h11-12,14H,2-7,9-10H2,1H3. The van der Waals surface area contributed by atoms with Crippen molar-refractivity contribution < 1.29 is 0 Å². The van der Waals surface area contributed by atoms with Gasteiger partial charge in [0, 0.05) is 19.0 Å². The third kappa shape index (κ3) is 4.62.